The summed E-state index contributed by atoms with van der Waals surface area (Å²) in [5.41, 5.74) is 4.19. The fourth-order valence-corrected chi connectivity index (χ4v) is 6.18. The van der Waals surface area contributed by atoms with Crippen LogP contribution in [0.1, 0.15) is 40.0 Å². The van der Waals surface area contributed by atoms with Gasteiger partial charge in [-0.15, -0.1) is 0 Å². The van der Waals surface area contributed by atoms with Gasteiger partial charge in [0, 0.05) is 50.5 Å². The Morgan fingerprint density at radius 1 is 1.00 bits per heavy atom. The maximum Gasteiger partial charge on any atom is 0.258 e. The van der Waals surface area contributed by atoms with Crippen LogP contribution in [0.3, 0.4) is 0 Å². The zero-order valence-electron chi connectivity index (χ0n) is 19.8. The highest BCUT2D eigenvalue weighted by Gasteiger charge is 2.46. The van der Waals surface area contributed by atoms with Gasteiger partial charge in [0.15, 0.2) is 0 Å². The van der Waals surface area contributed by atoms with Crippen molar-refractivity contribution in [3.05, 3.63) is 97.2 Å². The number of carbonyl (C=O) groups excluding carboxylic acids is 1. The molecule has 0 saturated carbocycles. The number of anilines is 1. The van der Waals surface area contributed by atoms with E-state index in [1.807, 2.05) is 48.2 Å². The normalized spacial score (nSPS) is 17.2. The van der Waals surface area contributed by atoms with E-state index < -0.39 is 0 Å². The summed E-state index contributed by atoms with van der Waals surface area (Å²) in [7, 11) is 0. The topological polar surface area (TPSA) is 36.4 Å². The molecule has 5 rings (SSSR count). The summed E-state index contributed by atoms with van der Waals surface area (Å²) in [5.74, 6) is -0.0620. The van der Waals surface area contributed by atoms with E-state index in [1.165, 1.54) is 0 Å². The van der Waals surface area contributed by atoms with Crippen LogP contribution >= 0.6 is 46.4 Å². The molecule has 0 aliphatic carbocycles. The lowest BCUT2D eigenvalue weighted by Crippen LogP contribution is -2.46. The lowest BCUT2D eigenvalue weighted by molar-refractivity contribution is 0.0977. The Kier molecular flexibility index (Phi) is 7.35. The molecule has 3 heterocycles. The van der Waals surface area contributed by atoms with Crippen molar-refractivity contribution in [3.8, 4) is 0 Å². The number of aromatic nitrogens is 1. The molecule has 0 bridgehead atoms. The molecule has 0 radical (unpaired) electrons. The zero-order valence-corrected chi connectivity index (χ0v) is 22.8. The van der Waals surface area contributed by atoms with Crippen molar-refractivity contribution >= 4 is 64.1 Å². The predicted octanol–water partition coefficient (Wildman–Crippen LogP) is 7.71. The van der Waals surface area contributed by atoms with E-state index in [2.05, 4.69) is 16.0 Å². The molecule has 1 fully saturated rings. The average molecular weight is 561 g/mol. The Bertz CT molecular complexity index is 1330. The molecule has 0 atom stereocenters. The van der Waals surface area contributed by atoms with Crippen LogP contribution in [-0.2, 0) is 5.41 Å². The largest absolute Gasteiger partial charge is 0.307 e. The number of piperidine rings is 1. The molecule has 3 aromatic rings. The summed E-state index contributed by atoms with van der Waals surface area (Å²) in [6, 6.07) is 14.8. The van der Waals surface area contributed by atoms with Gasteiger partial charge in [0.2, 0.25) is 0 Å². The van der Waals surface area contributed by atoms with Crippen molar-refractivity contribution in [2.24, 2.45) is 0 Å². The van der Waals surface area contributed by atoms with Gasteiger partial charge in [-0.1, -0.05) is 64.6 Å². The minimum atomic E-state index is -0.124. The maximum atomic E-state index is 13.6. The summed E-state index contributed by atoms with van der Waals surface area (Å²) < 4.78 is 0. The van der Waals surface area contributed by atoms with Gasteiger partial charge in [-0.05, 0) is 86.4 Å². The van der Waals surface area contributed by atoms with Crippen LogP contribution < -0.4 is 4.90 Å². The number of hydrogen-bond acceptors (Lipinski definition) is 3. The Morgan fingerprint density at radius 2 is 1.72 bits per heavy atom. The van der Waals surface area contributed by atoms with Gasteiger partial charge < -0.3 is 4.90 Å². The van der Waals surface area contributed by atoms with E-state index >= 15 is 0 Å². The Hall–Kier alpha value is -2.08. The van der Waals surface area contributed by atoms with Gasteiger partial charge in [0.05, 0.1) is 0 Å². The second-order valence-corrected chi connectivity index (χ2v) is 11.2. The van der Waals surface area contributed by atoms with Gasteiger partial charge >= 0.3 is 0 Å². The third-order valence-electron chi connectivity index (χ3n) is 7.13. The monoisotopic (exact) mass is 559 g/mol. The van der Waals surface area contributed by atoms with Crippen molar-refractivity contribution in [2.75, 3.05) is 31.1 Å². The van der Waals surface area contributed by atoms with Crippen molar-refractivity contribution in [1.29, 1.82) is 0 Å². The molecule has 1 amide bonds. The van der Waals surface area contributed by atoms with Crippen molar-refractivity contribution in [2.45, 2.75) is 25.2 Å². The second kappa shape index (κ2) is 10.4. The van der Waals surface area contributed by atoms with Crippen molar-refractivity contribution < 1.29 is 4.79 Å². The minimum Gasteiger partial charge on any atom is -0.307 e. The highest BCUT2D eigenvalue weighted by molar-refractivity contribution is 6.35. The lowest BCUT2D eigenvalue weighted by Gasteiger charge is -2.39. The van der Waals surface area contributed by atoms with E-state index in [0.717, 1.165) is 55.0 Å². The molecule has 2 aliphatic heterocycles. The van der Waals surface area contributed by atoms with Gasteiger partial charge in [-0.3, -0.25) is 9.69 Å². The summed E-state index contributed by atoms with van der Waals surface area (Å²) >= 11 is 24.9. The first-order chi connectivity index (χ1) is 17.2. The number of halogens is 4. The van der Waals surface area contributed by atoms with Gasteiger partial charge in [0.25, 0.3) is 5.91 Å². The van der Waals surface area contributed by atoms with Crippen LogP contribution in [0.5, 0.6) is 0 Å². The summed E-state index contributed by atoms with van der Waals surface area (Å²) in [6.07, 6.45) is 6.05. The highest BCUT2D eigenvalue weighted by Crippen LogP contribution is 2.48. The molecule has 8 heteroatoms. The summed E-state index contributed by atoms with van der Waals surface area (Å²) in [6.45, 7) is 5.14. The number of amides is 1. The molecule has 2 aliphatic rings. The first-order valence-electron chi connectivity index (χ1n) is 11.8. The number of rotatable bonds is 4. The molecule has 4 nitrogen and oxygen atoms in total. The number of benzene rings is 2. The number of pyridine rings is 1. The van der Waals surface area contributed by atoms with Crippen LogP contribution in [0.4, 0.5) is 5.69 Å². The van der Waals surface area contributed by atoms with Gasteiger partial charge in [-0.25, -0.2) is 4.98 Å². The quantitative estimate of drug-likeness (QED) is 0.306. The zero-order chi connectivity index (χ0) is 25.4. The van der Waals surface area contributed by atoms with Crippen LogP contribution in [0.25, 0.3) is 6.08 Å². The fourth-order valence-electron chi connectivity index (χ4n) is 5.29. The smallest absolute Gasteiger partial charge is 0.258 e. The highest BCUT2D eigenvalue weighted by atomic mass is 35.5. The molecule has 1 spiro atoms. The molecule has 0 unspecified atom stereocenters. The van der Waals surface area contributed by atoms with Crippen molar-refractivity contribution in [1.82, 2.24) is 9.88 Å². The third-order valence-corrected chi connectivity index (χ3v) is 8.12. The first kappa shape index (κ1) is 25.6. The minimum absolute atomic E-state index is 0.0620. The second-order valence-electron chi connectivity index (χ2n) is 9.52. The Balaban J connectivity index is 1.32. The van der Waals surface area contributed by atoms with Gasteiger partial charge in [0.1, 0.15) is 5.15 Å². The van der Waals surface area contributed by atoms with Crippen LogP contribution in [0, 0.1) is 6.92 Å². The Morgan fingerprint density at radius 3 is 2.44 bits per heavy atom. The molecule has 1 saturated heterocycles. The molecule has 186 valence electrons. The third kappa shape index (κ3) is 5.16. The molecular weight excluding hydrogens is 536 g/mol. The van der Waals surface area contributed by atoms with E-state index in [4.69, 9.17) is 46.4 Å². The first-order valence-corrected chi connectivity index (χ1v) is 13.4. The van der Waals surface area contributed by atoms with Crippen LogP contribution in [0.15, 0.2) is 54.6 Å². The number of hydrogen-bond donors (Lipinski definition) is 0. The number of carbonyl (C=O) groups is 1. The average Bonchev–Trinajstić information content (AvgIpc) is 3.14. The predicted molar refractivity (Wildman–Crippen MR) is 150 cm³/mol. The Labute approximate surface area is 231 Å². The number of fused-ring (bicyclic) bond motifs is 2. The molecule has 1 aromatic heterocycles. The van der Waals surface area contributed by atoms with E-state index in [1.54, 1.807) is 18.2 Å². The molecular formula is C28H25Cl4N3O. The number of nitrogens with zero attached hydrogens (tertiary/aromatic N) is 3. The fraction of sp³-hybridized carbons (Fsp3) is 0.286. The van der Waals surface area contributed by atoms with Crippen LogP contribution in [-0.4, -0.2) is 42.0 Å². The molecule has 2 aromatic carbocycles. The van der Waals surface area contributed by atoms with Gasteiger partial charge in [-0.2, -0.15) is 0 Å². The molecule has 36 heavy (non-hydrogen) atoms. The van der Waals surface area contributed by atoms with Crippen molar-refractivity contribution in [3.63, 3.8) is 0 Å². The summed E-state index contributed by atoms with van der Waals surface area (Å²) in [4.78, 5) is 22.1. The van der Waals surface area contributed by atoms with E-state index in [9.17, 15) is 4.79 Å². The lowest BCUT2D eigenvalue weighted by atomic mass is 9.74. The maximum absolute atomic E-state index is 13.6. The summed E-state index contributed by atoms with van der Waals surface area (Å²) in [5, 5.41) is 2.29. The molecule has 0 N–H and O–H groups in total. The van der Waals surface area contributed by atoms with Crippen LogP contribution in [0.2, 0.25) is 20.2 Å². The van der Waals surface area contributed by atoms with E-state index in [0.29, 0.717) is 32.3 Å². The standard InChI is InChI=1S/C28H25Cl4N3O/c1-18-13-20(14-26(32)33-18)27(36)35-17-28(23-15-21(29)6-7-25(23)35)8-11-34(12-9-28)10-2-3-19-4-5-22(30)16-24(19)31/h2-7,13-16H,8-12,17H2,1H3/b3-2+. The number of likely N-dealkylation sites (tertiary alicyclic amines) is 1. The number of aryl methyl sites for hydroxylation is 1. The van der Waals surface area contributed by atoms with E-state index in [-0.39, 0.29) is 11.3 Å². The SMILES string of the molecule is Cc1cc(C(=O)N2CC3(CCN(C/C=C/c4ccc(Cl)cc4Cl)CC3)c3cc(Cl)ccc32)cc(Cl)n1.